The van der Waals surface area contributed by atoms with E-state index in [1.54, 1.807) is 19.2 Å². The van der Waals surface area contributed by atoms with E-state index in [1.165, 1.54) is 0 Å². The van der Waals surface area contributed by atoms with Crippen molar-refractivity contribution in [3.05, 3.63) is 37.0 Å². The molecule has 2 atom stereocenters. The highest BCUT2D eigenvalue weighted by molar-refractivity contribution is 5.21. The van der Waals surface area contributed by atoms with Crippen LogP contribution in [-0.4, -0.2) is 25.8 Å². The van der Waals surface area contributed by atoms with Crippen molar-refractivity contribution < 1.29 is 4.74 Å². The van der Waals surface area contributed by atoms with Gasteiger partial charge in [0.15, 0.2) is 0 Å². The summed E-state index contributed by atoms with van der Waals surface area (Å²) in [5, 5.41) is 11.7. The van der Waals surface area contributed by atoms with Crippen LogP contribution in [0, 0.1) is 11.3 Å². The number of nitriles is 1. The molecule has 2 unspecified atom stereocenters. The Kier molecular flexibility index (Phi) is 7.25. The van der Waals surface area contributed by atoms with Crippen molar-refractivity contribution in [2.24, 2.45) is 0 Å². The van der Waals surface area contributed by atoms with Gasteiger partial charge in [0.25, 0.3) is 0 Å². The quantitative estimate of drug-likeness (QED) is 0.646. The van der Waals surface area contributed by atoms with Crippen molar-refractivity contribution in [3.8, 4) is 6.07 Å². The molecule has 0 spiro atoms. The number of ether oxygens (including phenoxy) is 1. The first-order chi connectivity index (χ1) is 7.19. The van der Waals surface area contributed by atoms with Crippen LogP contribution in [0.5, 0.6) is 0 Å². The van der Waals surface area contributed by atoms with Crippen LogP contribution in [0.2, 0.25) is 0 Å². The first-order valence-electron chi connectivity index (χ1n) is 4.82. The zero-order valence-corrected chi connectivity index (χ0v) is 9.36. The van der Waals surface area contributed by atoms with Gasteiger partial charge in [0, 0.05) is 0 Å². The van der Waals surface area contributed by atoms with Crippen molar-refractivity contribution in [1.29, 1.82) is 5.26 Å². The average Bonchev–Trinajstić information content (AvgIpc) is 2.25. The minimum atomic E-state index is -0.292. The molecule has 0 aliphatic heterocycles. The lowest BCUT2D eigenvalue weighted by Crippen LogP contribution is -2.36. The van der Waals surface area contributed by atoms with E-state index < -0.39 is 0 Å². The third-order valence-electron chi connectivity index (χ3n) is 2.03. The number of nitrogens with one attached hydrogen (secondary N) is 1. The molecule has 3 nitrogen and oxygen atoms in total. The van der Waals surface area contributed by atoms with Crippen molar-refractivity contribution in [3.63, 3.8) is 0 Å². The Morgan fingerprint density at radius 3 is 2.67 bits per heavy atom. The number of hydrogen-bond donors (Lipinski definition) is 1. The van der Waals surface area contributed by atoms with Crippen LogP contribution >= 0.6 is 0 Å². The maximum absolute atomic E-state index is 8.78. The Hall–Kier alpha value is -1.37. The topological polar surface area (TPSA) is 45.0 Å². The van der Waals surface area contributed by atoms with E-state index >= 15 is 0 Å². The van der Waals surface area contributed by atoms with Crippen molar-refractivity contribution in [1.82, 2.24) is 5.32 Å². The van der Waals surface area contributed by atoms with Crippen molar-refractivity contribution in [2.45, 2.75) is 19.1 Å². The summed E-state index contributed by atoms with van der Waals surface area (Å²) in [5.74, 6) is 0. The highest BCUT2D eigenvalue weighted by Gasteiger charge is 2.14. The second-order valence-corrected chi connectivity index (χ2v) is 3.09. The molecule has 0 saturated heterocycles. The zero-order valence-electron chi connectivity index (χ0n) is 9.36. The molecule has 3 heteroatoms. The Bertz CT molecular complexity index is 276. The smallest absolute Gasteiger partial charge is 0.121 e. The Morgan fingerprint density at radius 1 is 1.60 bits per heavy atom. The normalized spacial score (nSPS) is 15.1. The fourth-order valence-electron chi connectivity index (χ4n) is 1.05. The third kappa shape index (κ3) is 5.16. The molecular formula is C12H18N2O. The van der Waals surface area contributed by atoms with Gasteiger partial charge < -0.3 is 10.1 Å². The van der Waals surface area contributed by atoms with Gasteiger partial charge in [0.2, 0.25) is 0 Å². The summed E-state index contributed by atoms with van der Waals surface area (Å²) in [6.07, 6.45) is 5.08. The highest BCUT2D eigenvalue weighted by Crippen LogP contribution is 2.03. The molecule has 0 aromatic heterocycles. The molecule has 0 aromatic rings. The van der Waals surface area contributed by atoms with Gasteiger partial charge in [0.1, 0.15) is 6.04 Å². The van der Waals surface area contributed by atoms with Gasteiger partial charge >= 0.3 is 0 Å². The van der Waals surface area contributed by atoms with Crippen LogP contribution < -0.4 is 5.32 Å². The standard InChI is InChI=1S/C12H18N2O/c1-5-7-11(6-2)9-15-10(3)12(8-13)14-4/h5-7,10,12,14H,1-2,9H2,3-4H3/b11-7+. The Morgan fingerprint density at radius 2 is 2.27 bits per heavy atom. The number of nitrogens with zero attached hydrogens (tertiary/aromatic N) is 1. The van der Waals surface area contributed by atoms with E-state index in [2.05, 4.69) is 24.5 Å². The van der Waals surface area contributed by atoms with Gasteiger partial charge in [0.05, 0.1) is 18.8 Å². The minimum absolute atomic E-state index is 0.159. The molecular weight excluding hydrogens is 188 g/mol. The predicted octanol–water partition coefficient (Wildman–Crippen LogP) is 1.80. The third-order valence-corrected chi connectivity index (χ3v) is 2.03. The van der Waals surface area contributed by atoms with Gasteiger partial charge in [-0.2, -0.15) is 5.26 Å². The molecule has 0 saturated carbocycles. The predicted molar refractivity (Wildman–Crippen MR) is 62.4 cm³/mol. The highest BCUT2D eigenvalue weighted by atomic mass is 16.5. The summed E-state index contributed by atoms with van der Waals surface area (Å²) >= 11 is 0. The van der Waals surface area contributed by atoms with Crippen LogP contribution in [0.1, 0.15) is 6.92 Å². The molecule has 15 heavy (non-hydrogen) atoms. The molecule has 0 aliphatic carbocycles. The van der Waals surface area contributed by atoms with Gasteiger partial charge in [-0.25, -0.2) is 0 Å². The molecule has 0 bridgehead atoms. The average molecular weight is 206 g/mol. The van der Waals surface area contributed by atoms with E-state index in [-0.39, 0.29) is 12.1 Å². The summed E-state index contributed by atoms with van der Waals surface area (Å²) in [6.45, 7) is 9.57. The Balaban J connectivity index is 4.14. The van der Waals surface area contributed by atoms with E-state index in [9.17, 15) is 0 Å². The number of allylic oxidation sites excluding steroid dienone is 2. The second kappa shape index (κ2) is 7.98. The molecule has 1 N–H and O–H groups in total. The first-order valence-corrected chi connectivity index (χ1v) is 4.82. The van der Waals surface area contributed by atoms with Crippen LogP contribution in [-0.2, 0) is 4.74 Å². The van der Waals surface area contributed by atoms with E-state index in [4.69, 9.17) is 10.00 Å². The van der Waals surface area contributed by atoms with Gasteiger partial charge in [-0.3, -0.25) is 0 Å². The summed E-state index contributed by atoms with van der Waals surface area (Å²) in [5.41, 5.74) is 0.949. The van der Waals surface area contributed by atoms with Gasteiger partial charge in [-0.1, -0.05) is 31.4 Å². The minimum Gasteiger partial charge on any atom is -0.371 e. The summed E-state index contributed by atoms with van der Waals surface area (Å²) in [4.78, 5) is 0. The van der Waals surface area contributed by atoms with E-state index in [0.717, 1.165) is 5.57 Å². The molecule has 0 fully saturated rings. The van der Waals surface area contributed by atoms with Crippen LogP contribution in [0.3, 0.4) is 0 Å². The van der Waals surface area contributed by atoms with Crippen molar-refractivity contribution >= 4 is 0 Å². The lowest BCUT2D eigenvalue weighted by molar-refractivity contribution is 0.0706. The first kappa shape index (κ1) is 13.6. The molecule has 82 valence electrons. The lowest BCUT2D eigenvalue weighted by Gasteiger charge is -2.17. The molecule has 0 rings (SSSR count). The monoisotopic (exact) mass is 206 g/mol. The summed E-state index contributed by atoms with van der Waals surface area (Å²) < 4.78 is 5.52. The van der Waals surface area contributed by atoms with Crippen LogP contribution in [0.15, 0.2) is 37.0 Å². The second-order valence-electron chi connectivity index (χ2n) is 3.09. The molecule has 0 aliphatic rings. The fraction of sp³-hybridized carbons (Fsp3) is 0.417. The molecule has 0 aromatic carbocycles. The lowest BCUT2D eigenvalue weighted by atomic mass is 10.2. The molecule has 0 heterocycles. The summed E-state index contributed by atoms with van der Waals surface area (Å²) in [6, 6.07) is 1.83. The Labute approximate surface area is 91.7 Å². The zero-order chi connectivity index (χ0) is 11.7. The summed E-state index contributed by atoms with van der Waals surface area (Å²) in [7, 11) is 1.74. The maximum Gasteiger partial charge on any atom is 0.121 e. The van der Waals surface area contributed by atoms with E-state index in [0.29, 0.717) is 6.61 Å². The largest absolute Gasteiger partial charge is 0.371 e. The fourth-order valence-corrected chi connectivity index (χ4v) is 1.05. The number of likely N-dealkylation sites (N-methyl/N-ethyl adjacent to an activating group) is 1. The number of hydrogen-bond acceptors (Lipinski definition) is 3. The molecule has 0 amide bonds. The maximum atomic E-state index is 8.78. The van der Waals surface area contributed by atoms with Gasteiger partial charge in [-0.05, 0) is 19.5 Å². The van der Waals surface area contributed by atoms with Crippen LogP contribution in [0.25, 0.3) is 0 Å². The van der Waals surface area contributed by atoms with E-state index in [1.807, 2.05) is 13.0 Å². The van der Waals surface area contributed by atoms with Gasteiger partial charge in [-0.15, -0.1) is 0 Å². The number of rotatable bonds is 7. The van der Waals surface area contributed by atoms with Crippen LogP contribution in [0.4, 0.5) is 0 Å². The molecule has 0 radical (unpaired) electrons. The van der Waals surface area contributed by atoms with Crippen molar-refractivity contribution in [2.75, 3.05) is 13.7 Å². The SMILES string of the molecule is C=C/C=C(\C=C)COC(C)C(C#N)NC.